The molecule has 0 aliphatic heterocycles. The first-order valence-corrected chi connectivity index (χ1v) is 10.2. The highest BCUT2D eigenvalue weighted by Gasteiger charge is 2.21. The maximum Gasteiger partial charge on any atom is 0.248 e. The van der Waals surface area contributed by atoms with E-state index in [1.807, 2.05) is 0 Å². The number of nitrogens with zero attached hydrogens (tertiary/aromatic N) is 4. The number of hydrogen-bond acceptors (Lipinski definition) is 8. The number of benzene rings is 1. The van der Waals surface area contributed by atoms with Gasteiger partial charge >= 0.3 is 0 Å². The van der Waals surface area contributed by atoms with E-state index in [9.17, 15) is 4.79 Å². The highest BCUT2D eigenvalue weighted by atomic mass is 35.5. The highest BCUT2D eigenvalue weighted by Crippen LogP contribution is 2.31. The van der Waals surface area contributed by atoms with E-state index in [2.05, 4.69) is 40.1 Å². The number of hydrazone groups is 2. The first kappa shape index (κ1) is 26.5. The number of oxime groups is 1. The smallest absolute Gasteiger partial charge is 0.248 e. The van der Waals surface area contributed by atoms with E-state index in [0.717, 1.165) is 0 Å². The van der Waals surface area contributed by atoms with Crippen LogP contribution in [0.2, 0.25) is 5.02 Å². The number of para-hydroxylation sites is 1. The van der Waals surface area contributed by atoms with Crippen molar-refractivity contribution in [3.63, 3.8) is 0 Å². The summed E-state index contributed by atoms with van der Waals surface area (Å²) < 4.78 is 5.57. The fourth-order valence-electron chi connectivity index (χ4n) is 2.57. The Hall–Kier alpha value is -4.77. The van der Waals surface area contributed by atoms with Crippen LogP contribution in [-0.4, -0.2) is 22.6 Å². The lowest BCUT2D eigenvalue weighted by Gasteiger charge is -2.27. The molecule has 0 atom stereocenters. The van der Waals surface area contributed by atoms with Crippen molar-refractivity contribution in [2.75, 3.05) is 4.90 Å². The molecular formula is C23H25ClN8O3. The zero-order valence-electron chi connectivity index (χ0n) is 18.9. The van der Waals surface area contributed by atoms with Gasteiger partial charge in [0.05, 0.1) is 16.4 Å². The highest BCUT2D eigenvalue weighted by molar-refractivity contribution is 6.34. The SMILES string of the molecule is C=C(O/N=C(/C)N)C(=C)N(C(/C=C/C(=N/N)OC(=C)c1cc[nH]c(=O)c1)=N\N)c1ccccc1Cl. The Morgan fingerprint density at radius 3 is 2.46 bits per heavy atom. The van der Waals surface area contributed by atoms with Gasteiger partial charge in [0.25, 0.3) is 0 Å². The van der Waals surface area contributed by atoms with Crippen LogP contribution in [0.25, 0.3) is 5.76 Å². The maximum atomic E-state index is 11.5. The third kappa shape index (κ3) is 7.37. The molecule has 11 nitrogen and oxygen atoms in total. The molecular weight excluding hydrogens is 472 g/mol. The molecule has 0 aliphatic rings. The van der Waals surface area contributed by atoms with Crippen LogP contribution in [0.3, 0.4) is 0 Å². The van der Waals surface area contributed by atoms with E-state index in [1.54, 1.807) is 37.3 Å². The Morgan fingerprint density at radius 2 is 1.86 bits per heavy atom. The number of rotatable bonds is 9. The van der Waals surface area contributed by atoms with E-state index in [0.29, 0.717) is 16.3 Å². The second-order valence-electron chi connectivity index (χ2n) is 6.74. The van der Waals surface area contributed by atoms with Gasteiger partial charge in [0.15, 0.2) is 11.6 Å². The van der Waals surface area contributed by atoms with E-state index in [1.165, 1.54) is 29.3 Å². The number of halogens is 1. The summed E-state index contributed by atoms with van der Waals surface area (Å²) >= 11 is 6.41. The van der Waals surface area contributed by atoms with Crippen LogP contribution in [0.5, 0.6) is 0 Å². The predicted molar refractivity (Wildman–Crippen MR) is 140 cm³/mol. The summed E-state index contributed by atoms with van der Waals surface area (Å²) in [6.07, 6.45) is 4.28. The topological polar surface area (TPSA) is 170 Å². The van der Waals surface area contributed by atoms with Crippen LogP contribution in [0.1, 0.15) is 12.5 Å². The fourth-order valence-corrected chi connectivity index (χ4v) is 2.79. The quantitative estimate of drug-likeness (QED) is 0.103. The van der Waals surface area contributed by atoms with Crippen LogP contribution < -0.4 is 27.9 Å². The van der Waals surface area contributed by atoms with Crippen LogP contribution in [-0.2, 0) is 9.57 Å². The number of aromatic amines is 1. The summed E-state index contributed by atoms with van der Waals surface area (Å²) in [5.41, 5.74) is 6.31. The molecule has 2 aromatic rings. The minimum Gasteiger partial charge on any atom is -0.438 e. The largest absolute Gasteiger partial charge is 0.438 e. The number of aromatic nitrogens is 1. The molecule has 0 aliphatic carbocycles. The second kappa shape index (κ2) is 12.5. The molecule has 0 unspecified atom stereocenters. The number of ether oxygens (including phenoxy) is 1. The molecule has 0 fully saturated rings. The van der Waals surface area contributed by atoms with Gasteiger partial charge in [-0.15, -0.1) is 5.10 Å². The van der Waals surface area contributed by atoms with E-state index >= 15 is 0 Å². The first-order valence-electron chi connectivity index (χ1n) is 9.87. The number of pyridine rings is 1. The Bertz CT molecular complexity index is 1290. The summed E-state index contributed by atoms with van der Waals surface area (Å²) in [5.74, 6) is 11.6. The number of nitrogens with two attached hydrogens (primary N) is 3. The molecule has 12 heteroatoms. The molecule has 0 amide bonds. The summed E-state index contributed by atoms with van der Waals surface area (Å²) in [6.45, 7) is 13.1. The first-order chi connectivity index (χ1) is 16.7. The average Bonchev–Trinajstić information content (AvgIpc) is 2.84. The lowest BCUT2D eigenvalue weighted by Crippen LogP contribution is -2.31. The fraction of sp³-hybridized carbons (Fsp3) is 0.0435. The summed E-state index contributed by atoms with van der Waals surface area (Å²) in [7, 11) is 0. The van der Waals surface area contributed by atoms with Gasteiger partial charge in [-0.25, -0.2) is 0 Å². The number of hydrogen-bond donors (Lipinski definition) is 4. The standard InChI is InChI=1S/C23H25ClN8O3/c1-14(15(2)35-31-17(4)25)32(20-8-6-5-7-19(20)24)21(29-26)9-10-23(30-27)34-16(3)18-11-12-28-22(33)13-18/h5-13H,1-3,26-27H2,4H3,(H2,25,31)(H,28,33)/b10-9+,29-21-,30-23-. The number of H-pyrrole nitrogens is 1. The van der Waals surface area contributed by atoms with Crippen molar-refractivity contribution in [1.29, 1.82) is 0 Å². The third-order valence-electron chi connectivity index (χ3n) is 4.17. The minimum atomic E-state index is -0.322. The van der Waals surface area contributed by atoms with Crippen molar-refractivity contribution in [2.45, 2.75) is 6.92 Å². The normalized spacial score (nSPS) is 12.3. The zero-order valence-corrected chi connectivity index (χ0v) is 19.7. The summed E-state index contributed by atoms with van der Waals surface area (Å²) in [5, 5.41) is 11.4. The van der Waals surface area contributed by atoms with Gasteiger partial charge in [0, 0.05) is 23.9 Å². The van der Waals surface area contributed by atoms with Crippen molar-refractivity contribution in [3.8, 4) is 0 Å². The van der Waals surface area contributed by atoms with Crippen molar-refractivity contribution >= 4 is 40.6 Å². The summed E-state index contributed by atoms with van der Waals surface area (Å²) in [6, 6.07) is 9.81. The van der Waals surface area contributed by atoms with Crippen LogP contribution in [0, 0.1) is 0 Å². The molecule has 35 heavy (non-hydrogen) atoms. The van der Waals surface area contributed by atoms with Gasteiger partial charge in [-0.3, -0.25) is 9.69 Å². The van der Waals surface area contributed by atoms with Crippen LogP contribution in [0.15, 0.2) is 106 Å². The Labute approximate surface area is 206 Å². The van der Waals surface area contributed by atoms with Crippen molar-refractivity contribution < 1.29 is 9.57 Å². The number of anilines is 1. The average molecular weight is 497 g/mol. The van der Waals surface area contributed by atoms with Gasteiger partial charge in [-0.1, -0.05) is 48.6 Å². The molecule has 1 aromatic heterocycles. The van der Waals surface area contributed by atoms with Crippen molar-refractivity contribution in [1.82, 2.24) is 4.98 Å². The molecule has 0 saturated carbocycles. The molecule has 0 bridgehead atoms. The molecule has 182 valence electrons. The van der Waals surface area contributed by atoms with Gasteiger partial charge < -0.3 is 32.0 Å². The van der Waals surface area contributed by atoms with E-state index in [4.69, 9.17) is 38.6 Å². The third-order valence-corrected chi connectivity index (χ3v) is 4.49. The molecule has 1 aromatic carbocycles. The Morgan fingerprint density at radius 1 is 1.14 bits per heavy atom. The molecule has 0 radical (unpaired) electrons. The zero-order chi connectivity index (χ0) is 26.0. The molecule has 7 N–H and O–H groups in total. The van der Waals surface area contributed by atoms with Gasteiger partial charge in [0.2, 0.25) is 11.5 Å². The lowest BCUT2D eigenvalue weighted by molar-refractivity contribution is 0.236. The molecule has 1 heterocycles. The van der Waals surface area contributed by atoms with E-state index < -0.39 is 0 Å². The monoisotopic (exact) mass is 496 g/mol. The Balaban J connectivity index is 2.37. The number of nitrogens with one attached hydrogen (secondary N) is 1. The molecule has 2 rings (SSSR count). The van der Waals surface area contributed by atoms with Gasteiger partial charge in [0.1, 0.15) is 11.6 Å². The van der Waals surface area contributed by atoms with E-state index in [-0.39, 0.29) is 40.3 Å². The maximum absolute atomic E-state index is 11.5. The van der Waals surface area contributed by atoms with Crippen LogP contribution in [0.4, 0.5) is 5.69 Å². The second-order valence-corrected chi connectivity index (χ2v) is 7.14. The van der Waals surface area contributed by atoms with Crippen molar-refractivity contribution in [2.24, 2.45) is 32.8 Å². The van der Waals surface area contributed by atoms with Gasteiger partial charge in [-0.05, 0) is 31.2 Å². The Kier molecular flexibility index (Phi) is 9.43. The lowest BCUT2D eigenvalue weighted by atomic mass is 10.2. The summed E-state index contributed by atoms with van der Waals surface area (Å²) in [4.78, 5) is 20.7. The minimum absolute atomic E-state index is 0.0518. The van der Waals surface area contributed by atoms with Crippen molar-refractivity contribution in [3.05, 3.63) is 107 Å². The number of amidine groups is 2. The molecule has 0 saturated heterocycles. The van der Waals surface area contributed by atoms with Crippen LogP contribution >= 0.6 is 11.6 Å². The molecule has 0 spiro atoms. The predicted octanol–water partition coefficient (Wildman–Crippen LogP) is 2.96. The van der Waals surface area contributed by atoms with Gasteiger partial charge in [-0.2, -0.15) is 5.10 Å².